The minimum atomic E-state index is -0.250. The second kappa shape index (κ2) is 9.51. The molecule has 0 amide bonds. The van der Waals surface area contributed by atoms with Crippen molar-refractivity contribution in [3.8, 4) is 34.5 Å². The Morgan fingerprint density at radius 1 is 0.844 bits per heavy atom. The van der Waals surface area contributed by atoms with Crippen LogP contribution >= 0.6 is 0 Å². The van der Waals surface area contributed by atoms with Crippen molar-refractivity contribution in [3.05, 3.63) is 41.1 Å². The molecule has 4 N–H and O–H groups in total. The first kappa shape index (κ1) is 22.8. The molecule has 0 spiro atoms. The van der Waals surface area contributed by atoms with Crippen molar-refractivity contribution < 1.29 is 39.5 Å². The van der Waals surface area contributed by atoms with Gasteiger partial charge in [-0.2, -0.15) is 0 Å². The van der Waals surface area contributed by atoms with Gasteiger partial charge in [-0.25, -0.2) is 0 Å². The normalized spacial score (nSPS) is 16.5. The van der Waals surface area contributed by atoms with E-state index >= 15 is 0 Å². The number of carbonyl (C=O) groups is 2. The SMILES string of the molecule is COc1c(O)cc(/C=C2\C(=O)C3CCN2CC3)cc1O.COc1c(O)cc(C=O)cc1O. The highest BCUT2D eigenvalue weighted by Gasteiger charge is 2.36. The zero-order valence-electron chi connectivity index (χ0n) is 17.7. The van der Waals surface area contributed by atoms with Crippen LogP contribution in [0.5, 0.6) is 34.5 Å². The van der Waals surface area contributed by atoms with Crippen LogP contribution in [0.3, 0.4) is 0 Å². The number of nitrogens with zero attached hydrogens (tertiary/aromatic N) is 1. The molecule has 0 radical (unpaired) electrons. The summed E-state index contributed by atoms with van der Waals surface area (Å²) in [6.07, 6.45) is 4.11. The topological polar surface area (TPSA) is 137 Å². The molecule has 3 aliphatic rings. The molecule has 2 aromatic carbocycles. The van der Waals surface area contributed by atoms with Crippen molar-refractivity contribution >= 4 is 18.1 Å². The Bertz CT molecular complexity index is 1010. The van der Waals surface area contributed by atoms with E-state index in [2.05, 4.69) is 9.64 Å². The maximum Gasteiger partial charge on any atom is 0.202 e. The van der Waals surface area contributed by atoms with Crippen molar-refractivity contribution in [1.29, 1.82) is 0 Å². The third-order valence-corrected chi connectivity index (χ3v) is 5.45. The zero-order valence-corrected chi connectivity index (χ0v) is 17.7. The summed E-state index contributed by atoms with van der Waals surface area (Å²) in [5.41, 5.74) is 1.47. The van der Waals surface area contributed by atoms with Gasteiger partial charge in [-0.05, 0) is 48.7 Å². The number of aromatic hydroxyl groups is 4. The fraction of sp³-hybridized carbons (Fsp3) is 0.304. The van der Waals surface area contributed by atoms with E-state index in [4.69, 9.17) is 14.9 Å². The lowest BCUT2D eigenvalue weighted by atomic mass is 9.84. The number of piperidine rings is 3. The minimum Gasteiger partial charge on any atom is -0.504 e. The monoisotopic (exact) mass is 443 g/mol. The molecule has 32 heavy (non-hydrogen) atoms. The number of benzene rings is 2. The second-order valence-electron chi connectivity index (χ2n) is 7.46. The smallest absolute Gasteiger partial charge is 0.202 e. The molecule has 2 bridgehead atoms. The Kier molecular flexibility index (Phi) is 6.77. The Hall–Kier alpha value is -3.88. The first-order chi connectivity index (χ1) is 15.3. The van der Waals surface area contributed by atoms with Crippen LogP contribution < -0.4 is 9.47 Å². The Balaban J connectivity index is 0.000000207. The molecule has 9 nitrogen and oxygen atoms in total. The number of hydrogen-bond donors (Lipinski definition) is 4. The van der Waals surface area contributed by atoms with Gasteiger partial charge in [-0.15, -0.1) is 0 Å². The molecular weight excluding hydrogens is 418 g/mol. The molecule has 3 saturated heterocycles. The maximum absolute atomic E-state index is 12.2. The van der Waals surface area contributed by atoms with Crippen molar-refractivity contribution in [3.63, 3.8) is 0 Å². The fourth-order valence-electron chi connectivity index (χ4n) is 3.88. The molecule has 2 aromatic rings. The number of hydrogen-bond acceptors (Lipinski definition) is 9. The van der Waals surface area contributed by atoms with Crippen molar-refractivity contribution in [2.24, 2.45) is 5.92 Å². The van der Waals surface area contributed by atoms with Crippen LogP contribution in [0.25, 0.3) is 6.08 Å². The fourth-order valence-corrected chi connectivity index (χ4v) is 3.88. The van der Waals surface area contributed by atoms with Gasteiger partial charge in [-0.1, -0.05) is 0 Å². The molecule has 3 fully saturated rings. The standard InChI is InChI=1S/C15H17NO4.C8H8O4/c1-20-15-12(17)7-9(8-13(15)18)6-11-14(19)10-2-4-16(11)5-3-10;1-12-8-6(10)2-5(4-9)3-7(8)11/h6-8,10,17-18H,2-5H2,1H3;2-4,10-11H,1H3/b11-6+;. The van der Waals surface area contributed by atoms with Gasteiger partial charge in [0.05, 0.1) is 19.9 Å². The van der Waals surface area contributed by atoms with E-state index in [0.717, 1.165) is 25.9 Å². The summed E-state index contributed by atoms with van der Waals surface area (Å²) in [7, 11) is 2.69. The number of aldehydes is 1. The first-order valence-corrected chi connectivity index (χ1v) is 9.95. The first-order valence-electron chi connectivity index (χ1n) is 9.95. The third-order valence-electron chi connectivity index (χ3n) is 5.45. The quantitative estimate of drug-likeness (QED) is 0.415. The van der Waals surface area contributed by atoms with E-state index in [-0.39, 0.29) is 51.8 Å². The molecule has 0 saturated carbocycles. The van der Waals surface area contributed by atoms with E-state index < -0.39 is 0 Å². The van der Waals surface area contributed by atoms with Gasteiger partial charge in [0.25, 0.3) is 0 Å². The number of ketones is 1. The summed E-state index contributed by atoms with van der Waals surface area (Å²) in [5, 5.41) is 37.9. The Labute approximate surface area is 184 Å². The zero-order chi connectivity index (χ0) is 23.4. The van der Waals surface area contributed by atoms with Crippen LogP contribution in [0, 0.1) is 5.92 Å². The van der Waals surface area contributed by atoms with E-state index in [0.29, 0.717) is 17.5 Å². The Morgan fingerprint density at radius 3 is 1.66 bits per heavy atom. The lowest BCUT2D eigenvalue weighted by molar-refractivity contribution is -0.125. The van der Waals surface area contributed by atoms with Crippen molar-refractivity contribution in [2.75, 3.05) is 27.3 Å². The summed E-state index contributed by atoms with van der Waals surface area (Å²) < 4.78 is 9.55. The van der Waals surface area contributed by atoms with Crippen LogP contribution in [0.15, 0.2) is 30.0 Å². The summed E-state index contributed by atoms with van der Waals surface area (Å²) in [6, 6.07) is 5.40. The number of rotatable bonds is 4. The molecule has 3 aliphatic heterocycles. The van der Waals surface area contributed by atoms with Gasteiger partial charge in [0.2, 0.25) is 11.5 Å². The lowest BCUT2D eigenvalue weighted by Crippen LogP contribution is -2.45. The summed E-state index contributed by atoms with van der Waals surface area (Å²) in [4.78, 5) is 24.5. The predicted octanol–water partition coefficient (Wildman–Crippen LogP) is 2.66. The molecule has 0 unspecified atom stereocenters. The molecule has 0 atom stereocenters. The number of fused-ring (bicyclic) bond motifs is 3. The highest BCUT2D eigenvalue weighted by Crippen LogP contribution is 2.39. The van der Waals surface area contributed by atoms with E-state index in [1.54, 1.807) is 6.08 Å². The maximum atomic E-state index is 12.2. The van der Waals surface area contributed by atoms with E-state index in [1.807, 2.05) is 0 Å². The van der Waals surface area contributed by atoms with Gasteiger partial charge in [0.1, 0.15) is 6.29 Å². The number of carbonyl (C=O) groups excluding carboxylic acids is 2. The van der Waals surface area contributed by atoms with Crippen molar-refractivity contribution in [1.82, 2.24) is 4.90 Å². The van der Waals surface area contributed by atoms with Gasteiger partial charge >= 0.3 is 0 Å². The highest BCUT2D eigenvalue weighted by atomic mass is 16.5. The largest absolute Gasteiger partial charge is 0.504 e. The average Bonchev–Trinajstić information content (AvgIpc) is 2.76. The molecular formula is C23H25NO8. The predicted molar refractivity (Wildman–Crippen MR) is 115 cm³/mol. The van der Waals surface area contributed by atoms with Gasteiger partial charge in [-0.3, -0.25) is 9.59 Å². The van der Waals surface area contributed by atoms with Gasteiger partial charge < -0.3 is 34.8 Å². The number of phenolic OH excluding ortho intramolecular Hbond substituents is 4. The molecule has 3 heterocycles. The minimum absolute atomic E-state index is 0.0272. The molecule has 0 aliphatic carbocycles. The lowest BCUT2D eigenvalue weighted by Gasteiger charge is -2.41. The van der Waals surface area contributed by atoms with Crippen LogP contribution in [-0.4, -0.2) is 64.7 Å². The van der Waals surface area contributed by atoms with Crippen LogP contribution in [0.2, 0.25) is 0 Å². The molecule has 0 aromatic heterocycles. The Morgan fingerprint density at radius 2 is 1.28 bits per heavy atom. The highest BCUT2D eigenvalue weighted by molar-refractivity contribution is 6.02. The van der Waals surface area contributed by atoms with Gasteiger partial charge in [0, 0.05) is 24.6 Å². The number of Topliss-reactive ketones (excluding diaryl/α,β-unsaturated/α-hetero) is 1. The van der Waals surface area contributed by atoms with E-state index in [1.165, 1.54) is 38.5 Å². The second-order valence-corrected chi connectivity index (χ2v) is 7.46. The summed E-state index contributed by atoms with van der Waals surface area (Å²) >= 11 is 0. The number of phenols is 4. The van der Waals surface area contributed by atoms with Gasteiger partial charge in [0.15, 0.2) is 28.8 Å². The van der Waals surface area contributed by atoms with Crippen LogP contribution in [0.1, 0.15) is 28.8 Å². The molecule has 170 valence electrons. The molecule has 9 heteroatoms. The van der Waals surface area contributed by atoms with Crippen molar-refractivity contribution in [2.45, 2.75) is 12.8 Å². The van der Waals surface area contributed by atoms with E-state index in [9.17, 15) is 19.8 Å². The number of ether oxygens (including phenoxy) is 2. The summed E-state index contributed by atoms with van der Waals surface area (Å²) in [6.45, 7) is 1.80. The summed E-state index contributed by atoms with van der Waals surface area (Å²) in [5.74, 6) is -0.460. The number of allylic oxidation sites excluding steroid dienone is 1. The number of methoxy groups -OCH3 is 2. The third kappa shape index (κ3) is 4.56. The molecule has 5 rings (SSSR count). The van der Waals surface area contributed by atoms with Crippen LogP contribution in [-0.2, 0) is 4.79 Å². The van der Waals surface area contributed by atoms with Crippen LogP contribution in [0.4, 0.5) is 0 Å². The average molecular weight is 443 g/mol.